The summed E-state index contributed by atoms with van der Waals surface area (Å²) in [5.74, 6) is 0.373. The summed E-state index contributed by atoms with van der Waals surface area (Å²) in [6, 6.07) is 0. The third kappa shape index (κ3) is 1.74. The van der Waals surface area contributed by atoms with Crippen LogP contribution in [-0.4, -0.2) is 23.9 Å². The lowest BCUT2D eigenvalue weighted by Crippen LogP contribution is -2.36. The van der Waals surface area contributed by atoms with Crippen molar-refractivity contribution in [1.82, 2.24) is 0 Å². The van der Waals surface area contributed by atoms with Gasteiger partial charge in [-0.2, -0.15) is 0 Å². The van der Waals surface area contributed by atoms with Gasteiger partial charge in [0.2, 0.25) is 0 Å². The van der Waals surface area contributed by atoms with Crippen LogP contribution in [0.5, 0.6) is 0 Å². The fraction of sp³-hybridized carbons (Fsp3) is 1.00. The second-order valence-corrected chi connectivity index (χ2v) is 3.37. The number of aliphatic hydroxyl groups is 1. The molecule has 1 N–H and O–H groups in total. The molecule has 0 radical (unpaired) electrons. The van der Waals surface area contributed by atoms with Crippen molar-refractivity contribution in [2.45, 2.75) is 38.7 Å². The Hall–Kier alpha value is -0.0800. The lowest BCUT2D eigenvalue weighted by atomic mass is 9.82. The molecule has 0 saturated carbocycles. The van der Waals surface area contributed by atoms with E-state index in [2.05, 4.69) is 0 Å². The van der Waals surface area contributed by atoms with Crippen molar-refractivity contribution >= 4 is 0 Å². The van der Waals surface area contributed by atoms with Gasteiger partial charge in [0.15, 0.2) is 0 Å². The Morgan fingerprint density at radius 1 is 1.45 bits per heavy atom. The smallest absolute Gasteiger partial charge is 0.0693 e. The van der Waals surface area contributed by atoms with Crippen molar-refractivity contribution in [1.29, 1.82) is 0 Å². The molecule has 1 fully saturated rings. The molecule has 0 aromatic carbocycles. The molecule has 66 valence electrons. The highest BCUT2D eigenvalue weighted by atomic mass is 16.5. The first kappa shape index (κ1) is 9.01. The highest BCUT2D eigenvalue weighted by molar-refractivity contribution is 4.86. The van der Waals surface area contributed by atoms with E-state index in [1.54, 1.807) is 0 Å². The number of hydrogen-bond donors (Lipinski definition) is 1. The van der Waals surface area contributed by atoms with Gasteiger partial charge < -0.3 is 9.84 Å². The van der Waals surface area contributed by atoms with E-state index in [0.29, 0.717) is 5.92 Å². The average molecular weight is 158 g/mol. The van der Waals surface area contributed by atoms with Gasteiger partial charge in [0.05, 0.1) is 12.2 Å². The van der Waals surface area contributed by atoms with Gasteiger partial charge in [-0.15, -0.1) is 0 Å². The van der Waals surface area contributed by atoms with Crippen LogP contribution in [0.4, 0.5) is 0 Å². The van der Waals surface area contributed by atoms with Crippen molar-refractivity contribution in [3.8, 4) is 0 Å². The van der Waals surface area contributed by atoms with Gasteiger partial charge in [0.25, 0.3) is 0 Å². The van der Waals surface area contributed by atoms with E-state index in [-0.39, 0.29) is 0 Å². The fourth-order valence-electron chi connectivity index (χ4n) is 1.79. The summed E-state index contributed by atoms with van der Waals surface area (Å²) in [7, 11) is 0. The van der Waals surface area contributed by atoms with E-state index in [9.17, 15) is 5.11 Å². The van der Waals surface area contributed by atoms with Crippen molar-refractivity contribution in [3.05, 3.63) is 0 Å². The third-order valence-corrected chi connectivity index (χ3v) is 2.91. The monoisotopic (exact) mass is 158 g/mol. The molecule has 0 bridgehead atoms. The highest BCUT2D eigenvalue weighted by Gasteiger charge is 2.35. The van der Waals surface area contributed by atoms with Crippen LogP contribution in [0.25, 0.3) is 0 Å². The summed E-state index contributed by atoms with van der Waals surface area (Å²) >= 11 is 0. The van der Waals surface area contributed by atoms with Gasteiger partial charge in [0.1, 0.15) is 0 Å². The number of ether oxygens (including phenoxy) is 1. The van der Waals surface area contributed by atoms with Gasteiger partial charge >= 0.3 is 0 Å². The summed E-state index contributed by atoms with van der Waals surface area (Å²) in [6.45, 7) is 5.66. The van der Waals surface area contributed by atoms with Crippen LogP contribution in [0, 0.1) is 5.92 Å². The highest BCUT2D eigenvalue weighted by Crippen LogP contribution is 2.31. The fourth-order valence-corrected chi connectivity index (χ4v) is 1.79. The first-order chi connectivity index (χ1) is 5.23. The summed E-state index contributed by atoms with van der Waals surface area (Å²) in [4.78, 5) is 0. The van der Waals surface area contributed by atoms with Crippen LogP contribution in [0.1, 0.15) is 33.1 Å². The molecule has 1 aliphatic heterocycles. The standard InChI is InChI=1S/C9H18O2/c1-3-9(10,4-2)8-5-6-11-7-8/h8,10H,3-7H2,1-2H3. The Labute approximate surface area is 68.6 Å². The Kier molecular flexibility index (Phi) is 2.90. The Morgan fingerprint density at radius 3 is 2.45 bits per heavy atom. The first-order valence-corrected chi connectivity index (χ1v) is 4.53. The minimum atomic E-state index is -0.462. The van der Waals surface area contributed by atoms with Crippen LogP contribution >= 0.6 is 0 Å². The van der Waals surface area contributed by atoms with Crippen molar-refractivity contribution in [2.75, 3.05) is 13.2 Å². The maximum Gasteiger partial charge on any atom is 0.0693 e. The molecule has 1 atom stereocenters. The molecule has 1 aliphatic rings. The van der Waals surface area contributed by atoms with E-state index >= 15 is 0 Å². The molecule has 2 nitrogen and oxygen atoms in total. The molecule has 1 rings (SSSR count). The average Bonchev–Trinajstić information content (AvgIpc) is 2.55. The van der Waals surface area contributed by atoms with Crippen LogP contribution in [0.2, 0.25) is 0 Å². The lowest BCUT2D eigenvalue weighted by Gasteiger charge is -2.30. The SMILES string of the molecule is CCC(O)(CC)C1CCOC1. The molecule has 1 unspecified atom stereocenters. The van der Waals surface area contributed by atoms with Gasteiger partial charge in [-0.1, -0.05) is 13.8 Å². The van der Waals surface area contributed by atoms with E-state index in [1.807, 2.05) is 13.8 Å². The van der Waals surface area contributed by atoms with Gasteiger partial charge in [-0.05, 0) is 19.3 Å². The summed E-state index contributed by atoms with van der Waals surface area (Å²) in [5, 5.41) is 10.0. The van der Waals surface area contributed by atoms with Gasteiger partial charge in [-0.3, -0.25) is 0 Å². The van der Waals surface area contributed by atoms with E-state index in [4.69, 9.17) is 4.74 Å². The summed E-state index contributed by atoms with van der Waals surface area (Å²) in [6.07, 6.45) is 2.72. The van der Waals surface area contributed by atoms with Crippen molar-refractivity contribution < 1.29 is 9.84 Å². The Bertz CT molecular complexity index is 113. The van der Waals surface area contributed by atoms with Crippen LogP contribution in [0.3, 0.4) is 0 Å². The van der Waals surface area contributed by atoms with Gasteiger partial charge in [0, 0.05) is 12.5 Å². The molecule has 0 aliphatic carbocycles. The second-order valence-electron chi connectivity index (χ2n) is 3.37. The zero-order chi connectivity index (χ0) is 8.32. The second kappa shape index (κ2) is 3.55. The number of rotatable bonds is 3. The summed E-state index contributed by atoms with van der Waals surface area (Å²) < 4.78 is 5.25. The normalized spacial score (nSPS) is 25.9. The van der Waals surface area contributed by atoms with Crippen LogP contribution < -0.4 is 0 Å². The predicted octanol–water partition coefficient (Wildman–Crippen LogP) is 1.57. The van der Waals surface area contributed by atoms with Crippen molar-refractivity contribution in [3.63, 3.8) is 0 Å². The predicted molar refractivity (Wildman–Crippen MR) is 44.5 cm³/mol. The zero-order valence-corrected chi connectivity index (χ0v) is 7.47. The number of hydrogen-bond acceptors (Lipinski definition) is 2. The molecule has 11 heavy (non-hydrogen) atoms. The minimum Gasteiger partial charge on any atom is -0.390 e. The van der Waals surface area contributed by atoms with Crippen LogP contribution in [0.15, 0.2) is 0 Å². The maximum absolute atomic E-state index is 10.0. The molecule has 1 saturated heterocycles. The maximum atomic E-state index is 10.0. The van der Waals surface area contributed by atoms with E-state index < -0.39 is 5.60 Å². The summed E-state index contributed by atoms with van der Waals surface area (Å²) in [5.41, 5.74) is -0.462. The van der Waals surface area contributed by atoms with Crippen molar-refractivity contribution in [2.24, 2.45) is 5.92 Å². The molecule has 1 heterocycles. The Balaban J connectivity index is 2.52. The van der Waals surface area contributed by atoms with Crippen LogP contribution in [-0.2, 0) is 4.74 Å². The molecule has 0 aromatic heterocycles. The Morgan fingerprint density at radius 2 is 2.09 bits per heavy atom. The molecular formula is C9H18O2. The first-order valence-electron chi connectivity index (χ1n) is 4.53. The van der Waals surface area contributed by atoms with Gasteiger partial charge in [-0.25, -0.2) is 0 Å². The minimum absolute atomic E-state index is 0.373. The molecule has 0 amide bonds. The molecular weight excluding hydrogens is 140 g/mol. The molecule has 0 spiro atoms. The third-order valence-electron chi connectivity index (χ3n) is 2.91. The zero-order valence-electron chi connectivity index (χ0n) is 7.47. The molecule has 0 aromatic rings. The topological polar surface area (TPSA) is 29.5 Å². The van der Waals surface area contributed by atoms with E-state index in [1.165, 1.54) is 0 Å². The molecule has 2 heteroatoms. The van der Waals surface area contributed by atoms with E-state index in [0.717, 1.165) is 32.5 Å². The quantitative estimate of drug-likeness (QED) is 0.675. The largest absolute Gasteiger partial charge is 0.390 e. The lowest BCUT2D eigenvalue weighted by molar-refractivity contribution is -0.0283.